The first-order valence-electron chi connectivity index (χ1n) is 10.8. The van der Waals surface area contributed by atoms with Crippen LogP contribution in [0, 0.1) is 5.82 Å². The maximum atomic E-state index is 14.1. The average molecular weight is 512 g/mol. The van der Waals surface area contributed by atoms with E-state index in [1.807, 2.05) is 0 Å². The number of hydrogen-bond acceptors (Lipinski definition) is 5. The summed E-state index contributed by atoms with van der Waals surface area (Å²) < 4.78 is 57.7. The van der Waals surface area contributed by atoms with E-state index in [4.69, 9.17) is 16.3 Å². The number of nitrogens with zero attached hydrogens (tertiary/aromatic N) is 1. The molecule has 0 spiro atoms. The number of aliphatic hydroxyl groups is 1. The highest BCUT2D eigenvalue weighted by Gasteiger charge is 2.32. The lowest BCUT2D eigenvalue weighted by Crippen LogP contribution is -2.41. The van der Waals surface area contributed by atoms with E-state index in [9.17, 15) is 22.7 Å². The molecule has 0 radical (unpaired) electrons. The van der Waals surface area contributed by atoms with Crippen molar-refractivity contribution in [1.29, 1.82) is 0 Å². The summed E-state index contributed by atoms with van der Waals surface area (Å²) >= 11 is 6.01. The fourth-order valence-electron chi connectivity index (χ4n) is 3.71. The molecule has 188 valence electrons. The SMILES string of the molecule is CNC(O)[C@H](N[C@H](CCc1ccc(C(F)(F)F)nc1)c1ccc(F)c(OC)c1)c1ccc(Cl)cc1. The van der Waals surface area contributed by atoms with Crippen LogP contribution in [-0.2, 0) is 12.6 Å². The molecule has 2 aromatic carbocycles. The third-order valence-corrected chi connectivity index (χ3v) is 5.89. The minimum Gasteiger partial charge on any atom is -0.494 e. The zero-order valence-electron chi connectivity index (χ0n) is 19.1. The number of pyridine rings is 1. The van der Waals surface area contributed by atoms with Crippen LogP contribution in [0.4, 0.5) is 17.6 Å². The predicted octanol–water partition coefficient (Wildman–Crippen LogP) is 5.44. The van der Waals surface area contributed by atoms with Gasteiger partial charge in [-0.05, 0) is 66.9 Å². The second-order valence-electron chi connectivity index (χ2n) is 7.96. The number of likely N-dealkylation sites (N-methyl/N-ethyl adjacent to an activating group) is 1. The fraction of sp³-hybridized carbons (Fsp3) is 0.320. The van der Waals surface area contributed by atoms with Crippen molar-refractivity contribution in [2.45, 2.75) is 37.3 Å². The van der Waals surface area contributed by atoms with Gasteiger partial charge in [-0.2, -0.15) is 13.2 Å². The van der Waals surface area contributed by atoms with Gasteiger partial charge in [-0.25, -0.2) is 4.39 Å². The van der Waals surface area contributed by atoms with Gasteiger partial charge in [0, 0.05) is 17.3 Å². The molecule has 1 heterocycles. The summed E-state index contributed by atoms with van der Waals surface area (Å²) in [4.78, 5) is 3.52. The van der Waals surface area contributed by atoms with Crippen LogP contribution in [0.15, 0.2) is 60.8 Å². The molecule has 3 atom stereocenters. The van der Waals surface area contributed by atoms with Crippen molar-refractivity contribution >= 4 is 11.6 Å². The Bertz CT molecular complexity index is 1100. The van der Waals surface area contributed by atoms with Crippen molar-refractivity contribution in [1.82, 2.24) is 15.6 Å². The highest BCUT2D eigenvalue weighted by Crippen LogP contribution is 2.31. The van der Waals surface area contributed by atoms with Gasteiger partial charge in [0.25, 0.3) is 0 Å². The molecule has 5 nitrogen and oxygen atoms in total. The van der Waals surface area contributed by atoms with Crippen molar-refractivity contribution in [2.24, 2.45) is 0 Å². The Kier molecular flexibility index (Phi) is 9.07. The summed E-state index contributed by atoms with van der Waals surface area (Å²) in [6, 6.07) is 12.7. The van der Waals surface area contributed by atoms with Crippen LogP contribution in [0.3, 0.4) is 0 Å². The molecule has 1 aromatic heterocycles. The minimum absolute atomic E-state index is 0.0581. The molecule has 0 amide bonds. The van der Waals surface area contributed by atoms with Gasteiger partial charge in [0.15, 0.2) is 11.6 Å². The van der Waals surface area contributed by atoms with E-state index in [0.29, 0.717) is 29.0 Å². The highest BCUT2D eigenvalue weighted by molar-refractivity contribution is 6.30. The third kappa shape index (κ3) is 7.14. The molecular formula is C25H26ClF4N3O2. The number of hydrogen-bond donors (Lipinski definition) is 3. The van der Waals surface area contributed by atoms with E-state index in [1.165, 1.54) is 25.4 Å². The normalized spacial score (nSPS) is 14.4. The second kappa shape index (κ2) is 11.8. The van der Waals surface area contributed by atoms with Crippen LogP contribution in [0.1, 0.15) is 40.9 Å². The van der Waals surface area contributed by atoms with Crippen molar-refractivity contribution in [3.8, 4) is 5.75 Å². The van der Waals surface area contributed by atoms with E-state index < -0.39 is 36.0 Å². The highest BCUT2D eigenvalue weighted by atomic mass is 35.5. The molecule has 0 fully saturated rings. The maximum Gasteiger partial charge on any atom is 0.433 e. The smallest absolute Gasteiger partial charge is 0.433 e. The van der Waals surface area contributed by atoms with Gasteiger partial charge in [-0.1, -0.05) is 35.9 Å². The summed E-state index contributed by atoms with van der Waals surface area (Å²) in [5.74, 6) is -0.464. The number of nitrogens with one attached hydrogen (secondary N) is 2. The Balaban J connectivity index is 1.90. The van der Waals surface area contributed by atoms with E-state index >= 15 is 0 Å². The van der Waals surface area contributed by atoms with Crippen LogP contribution in [-0.4, -0.2) is 30.5 Å². The Morgan fingerprint density at radius 1 is 1.06 bits per heavy atom. The number of methoxy groups -OCH3 is 1. The molecule has 0 saturated carbocycles. The number of rotatable bonds is 10. The first-order chi connectivity index (χ1) is 16.6. The van der Waals surface area contributed by atoms with Gasteiger partial charge in [0.2, 0.25) is 0 Å². The number of aryl methyl sites for hydroxylation is 1. The van der Waals surface area contributed by atoms with Crippen molar-refractivity contribution in [3.63, 3.8) is 0 Å². The summed E-state index contributed by atoms with van der Waals surface area (Å²) in [5.41, 5.74) is 1.09. The van der Waals surface area contributed by atoms with Gasteiger partial charge in [-0.15, -0.1) is 0 Å². The van der Waals surface area contributed by atoms with Crippen LogP contribution in [0.5, 0.6) is 5.75 Å². The Morgan fingerprint density at radius 2 is 1.74 bits per heavy atom. The first kappa shape index (κ1) is 26.9. The lowest BCUT2D eigenvalue weighted by molar-refractivity contribution is -0.141. The van der Waals surface area contributed by atoms with Gasteiger partial charge >= 0.3 is 6.18 Å². The molecule has 35 heavy (non-hydrogen) atoms. The van der Waals surface area contributed by atoms with Crippen LogP contribution >= 0.6 is 11.6 Å². The van der Waals surface area contributed by atoms with Gasteiger partial charge in [0.05, 0.1) is 13.2 Å². The molecule has 10 heteroatoms. The zero-order valence-corrected chi connectivity index (χ0v) is 19.9. The third-order valence-electron chi connectivity index (χ3n) is 5.64. The first-order valence-corrected chi connectivity index (χ1v) is 11.2. The number of aliphatic hydroxyl groups excluding tert-OH is 1. The number of halogens is 5. The van der Waals surface area contributed by atoms with Crippen molar-refractivity contribution < 1.29 is 27.4 Å². The standard InChI is InChI=1S/C25H26ClF4N3O2/c1-31-24(34)23(16-5-8-18(26)9-6-16)33-20(17-7-10-19(27)21(13-17)35-2)11-3-15-4-12-22(32-14-15)25(28,29)30/h4-10,12-14,20,23-24,31,33-34H,3,11H2,1-2H3/t20-,23-,24?/m1/s1. The van der Waals surface area contributed by atoms with Gasteiger partial charge in [0.1, 0.15) is 11.9 Å². The Morgan fingerprint density at radius 3 is 2.31 bits per heavy atom. The summed E-state index contributed by atoms with van der Waals surface area (Å²) in [6.45, 7) is 0. The lowest BCUT2D eigenvalue weighted by Gasteiger charge is -2.30. The van der Waals surface area contributed by atoms with E-state index in [-0.39, 0.29) is 5.75 Å². The van der Waals surface area contributed by atoms with E-state index in [1.54, 1.807) is 43.4 Å². The fourth-order valence-corrected chi connectivity index (χ4v) is 3.84. The number of ether oxygens (including phenoxy) is 1. The average Bonchev–Trinajstić information content (AvgIpc) is 2.84. The monoisotopic (exact) mass is 511 g/mol. The van der Waals surface area contributed by atoms with Gasteiger partial charge in [-0.3, -0.25) is 15.6 Å². The summed E-state index contributed by atoms with van der Waals surface area (Å²) in [5, 5.41) is 17.4. The van der Waals surface area contributed by atoms with E-state index in [0.717, 1.165) is 11.6 Å². The molecule has 0 aliphatic rings. The molecule has 0 aliphatic heterocycles. The number of aromatic nitrogens is 1. The largest absolute Gasteiger partial charge is 0.494 e. The molecule has 0 bridgehead atoms. The molecular weight excluding hydrogens is 486 g/mol. The second-order valence-corrected chi connectivity index (χ2v) is 8.40. The number of benzene rings is 2. The molecule has 1 unspecified atom stereocenters. The molecule has 3 rings (SSSR count). The summed E-state index contributed by atoms with van der Waals surface area (Å²) in [7, 11) is 2.97. The molecule has 0 saturated heterocycles. The van der Waals surface area contributed by atoms with Crippen molar-refractivity contribution in [2.75, 3.05) is 14.2 Å². The molecule has 3 aromatic rings. The Hall–Kier alpha value is -2.72. The molecule has 3 N–H and O–H groups in total. The van der Waals surface area contributed by atoms with Crippen LogP contribution in [0.2, 0.25) is 5.02 Å². The minimum atomic E-state index is -4.51. The number of alkyl halides is 3. The maximum absolute atomic E-state index is 14.1. The Labute approximate surface area is 206 Å². The quantitative estimate of drug-likeness (QED) is 0.250. The van der Waals surface area contributed by atoms with Crippen LogP contribution in [0.25, 0.3) is 0 Å². The molecule has 0 aliphatic carbocycles. The summed E-state index contributed by atoms with van der Waals surface area (Å²) in [6.07, 6.45) is -3.49. The predicted molar refractivity (Wildman–Crippen MR) is 126 cm³/mol. The lowest BCUT2D eigenvalue weighted by atomic mass is 9.96. The van der Waals surface area contributed by atoms with Crippen molar-refractivity contribution in [3.05, 3.63) is 94.0 Å². The zero-order chi connectivity index (χ0) is 25.6. The van der Waals surface area contributed by atoms with Gasteiger partial charge < -0.3 is 9.84 Å². The van der Waals surface area contributed by atoms with Crippen LogP contribution < -0.4 is 15.4 Å². The topological polar surface area (TPSA) is 66.4 Å². The van der Waals surface area contributed by atoms with E-state index in [2.05, 4.69) is 15.6 Å².